The molecule has 0 bridgehead atoms. The van der Waals surface area contributed by atoms with Crippen LogP contribution in [-0.2, 0) is 19.3 Å². The SMILES string of the molecule is c1ccc2c(c1)CC(NCCCCOc1cccc3c1SCCC3)C2. The maximum Gasteiger partial charge on any atom is 0.133 e. The Labute approximate surface area is 155 Å². The van der Waals surface area contributed by atoms with E-state index >= 15 is 0 Å². The van der Waals surface area contributed by atoms with E-state index in [1.807, 2.05) is 11.8 Å². The Morgan fingerprint density at radius 2 is 1.76 bits per heavy atom. The van der Waals surface area contributed by atoms with Crippen molar-refractivity contribution in [1.29, 1.82) is 0 Å². The van der Waals surface area contributed by atoms with Gasteiger partial charge in [-0.3, -0.25) is 0 Å². The van der Waals surface area contributed by atoms with Crippen LogP contribution in [0.5, 0.6) is 5.75 Å². The molecule has 25 heavy (non-hydrogen) atoms. The number of hydrogen-bond acceptors (Lipinski definition) is 3. The molecule has 0 spiro atoms. The standard InChI is InChI=1S/C22H27NOS/c1-2-8-19-16-20(15-18(19)7-1)23-12-3-4-13-24-21-11-5-9-17-10-6-14-25-22(17)21/h1-2,5,7-9,11,20,23H,3-4,6,10,12-16H2. The Bertz CT molecular complexity index is 690. The quantitative estimate of drug-likeness (QED) is 0.733. The van der Waals surface area contributed by atoms with E-state index in [1.165, 1.54) is 59.4 Å². The van der Waals surface area contributed by atoms with Gasteiger partial charge in [0.2, 0.25) is 0 Å². The van der Waals surface area contributed by atoms with Crippen molar-refractivity contribution >= 4 is 11.8 Å². The van der Waals surface area contributed by atoms with E-state index in [1.54, 1.807) is 0 Å². The van der Waals surface area contributed by atoms with E-state index in [-0.39, 0.29) is 0 Å². The van der Waals surface area contributed by atoms with Crippen molar-refractivity contribution in [2.45, 2.75) is 49.5 Å². The van der Waals surface area contributed by atoms with Gasteiger partial charge in [-0.05, 0) is 73.6 Å². The van der Waals surface area contributed by atoms with E-state index in [2.05, 4.69) is 47.8 Å². The monoisotopic (exact) mass is 353 g/mol. The van der Waals surface area contributed by atoms with Crippen molar-refractivity contribution in [1.82, 2.24) is 5.32 Å². The third kappa shape index (κ3) is 4.21. The second-order valence-electron chi connectivity index (χ2n) is 7.08. The zero-order chi connectivity index (χ0) is 16.9. The summed E-state index contributed by atoms with van der Waals surface area (Å²) >= 11 is 1.96. The fourth-order valence-electron chi connectivity index (χ4n) is 3.89. The van der Waals surface area contributed by atoms with Crippen LogP contribution >= 0.6 is 11.8 Å². The molecule has 0 aromatic heterocycles. The Kier molecular flexibility index (Phi) is 5.63. The molecule has 0 atom stereocenters. The molecule has 2 nitrogen and oxygen atoms in total. The zero-order valence-electron chi connectivity index (χ0n) is 14.8. The fraction of sp³-hybridized carbons (Fsp3) is 0.455. The number of nitrogens with one attached hydrogen (secondary N) is 1. The second-order valence-corrected chi connectivity index (χ2v) is 8.19. The van der Waals surface area contributed by atoms with Crippen LogP contribution in [0, 0.1) is 0 Å². The summed E-state index contributed by atoms with van der Waals surface area (Å²) in [5.74, 6) is 2.32. The summed E-state index contributed by atoms with van der Waals surface area (Å²) in [5.41, 5.74) is 4.51. The summed E-state index contributed by atoms with van der Waals surface area (Å²) in [6.45, 7) is 1.91. The molecule has 1 N–H and O–H groups in total. The number of thioether (sulfide) groups is 1. The second kappa shape index (κ2) is 8.29. The third-order valence-corrected chi connectivity index (χ3v) is 6.45. The third-order valence-electron chi connectivity index (χ3n) is 5.21. The number of unbranched alkanes of at least 4 members (excludes halogenated alkanes) is 1. The van der Waals surface area contributed by atoms with Crippen LogP contribution in [0.25, 0.3) is 0 Å². The maximum absolute atomic E-state index is 6.08. The lowest BCUT2D eigenvalue weighted by Gasteiger charge is -2.19. The minimum absolute atomic E-state index is 0.621. The predicted octanol–water partition coefficient (Wildman–Crippen LogP) is 4.64. The van der Waals surface area contributed by atoms with Crippen molar-refractivity contribution in [3.63, 3.8) is 0 Å². The first kappa shape index (κ1) is 17.0. The van der Waals surface area contributed by atoms with Crippen molar-refractivity contribution in [2.75, 3.05) is 18.9 Å². The van der Waals surface area contributed by atoms with Gasteiger partial charge in [-0.15, -0.1) is 11.8 Å². The molecule has 132 valence electrons. The highest BCUT2D eigenvalue weighted by atomic mass is 32.2. The molecule has 0 fully saturated rings. The molecule has 0 saturated heterocycles. The van der Waals surface area contributed by atoms with Crippen LogP contribution in [0.15, 0.2) is 47.4 Å². The lowest BCUT2D eigenvalue weighted by atomic mass is 10.1. The number of aryl methyl sites for hydroxylation is 1. The first-order valence-electron chi connectivity index (χ1n) is 9.58. The van der Waals surface area contributed by atoms with Gasteiger partial charge in [-0.25, -0.2) is 0 Å². The number of benzene rings is 2. The molecule has 1 heterocycles. The Hall–Kier alpha value is -1.45. The molecule has 0 unspecified atom stereocenters. The van der Waals surface area contributed by atoms with Crippen LogP contribution < -0.4 is 10.1 Å². The van der Waals surface area contributed by atoms with Crippen LogP contribution in [-0.4, -0.2) is 24.9 Å². The summed E-state index contributed by atoms with van der Waals surface area (Å²) in [7, 11) is 0. The van der Waals surface area contributed by atoms with Crippen molar-refractivity contribution < 1.29 is 4.74 Å². The van der Waals surface area contributed by atoms with Gasteiger partial charge in [-0.2, -0.15) is 0 Å². The van der Waals surface area contributed by atoms with E-state index < -0.39 is 0 Å². The van der Waals surface area contributed by atoms with E-state index in [0.29, 0.717) is 6.04 Å². The number of ether oxygens (including phenoxy) is 1. The molecule has 2 aromatic carbocycles. The number of hydrogen-bond donors (Lipinski definition) is 1. The fourth-order valence-corrected chi connectivity index (χ4v) is 5.01. The maximum atomic E-state index is 6.08. The first-order valence-corrected chi connectivity index (χ1v) is 10.6. The van der Waals surface area contributed by atoms with Crippen LogP contribution in [0.1, 0.15) is 36.0 Å². The van der Waals surface area contributed by atoms with Crippen LogP contribution in [0.3, 0.4) is 0 Å². The molecule has 0 radical (unpaired) electrons. The average Bonchev–Trinajstić information content (AvgIpc) is 3.07. The van der Waals surface area contributed by atoms with Gasteiger partial charge in [0.1, 0.15) is 5.75 Å². The summed E-state index contributed by atoms with van der Waals surface area (Å²) in [6, 6.07) is 16.0. The largest absolute Gasteiger partial charge is 0.492 e. The van der Waals surface area contributed by atoms with Gasteiger partial charge in [0.05, 0.1) is 11.5 Å². The highest BCUT2D eigenvalue weighted by Crippen LogP contribution is 2.37. The topological polar surface area (TPSA) is 21.3 Å². The lowest BCUT2D eigenvalue weighted by molar-refractivity contribution is 0.297. The summed E-state index contributed by atoms with van der Waals surface area (Å²) < 4.78 is 6.08. The minimum Gasteiger partial charge on any atom is -0.492 e. The Morgan fingerprint density at radius 1 is 0.960 bits per heavy atom. The molecule has 4 rings (SSSR count). The van der Waals surface area contributed by atoms with Crippen molar-refractivity contribution in [3.05, 3.63) is 59.2 Å². The van der Waals surface area contributed by atoms with Crippen molar-refractivity contribution in [3.8, 4) is 5.75 Å². The molecule has 1 aliphatic heterocycles. The van der Waals surface area contributed by atoms with Gasteiger partial charge in [-0.1, -0.05) is 36.4 Å². The summed E-state index contributed by atoms with van der Waals surface area (Å²) in [6.07, 6.45) is 7.14. The smallest absolute Gasteiger partial charge is 0.133 e. The van der Waals surface area contributed by atoms with E-state index in [4.69, 9.17) is 4.74 Å². The molecule has 2 aliphatic rings. The van der Waals surface area contributed by atoms with Crippen molar-refractivity contribution in [2.24, 2.45) is 0 Å². The lowest BCUT2D eigenvalue weighted by Crippen LogP contribution is -2.30. The number of rotatable bonds is 7. The van der Waals surface area contributed by atoms with Crippen LogP contribution in [0.2, 0.25) is 0 Å². The Balaban J connectivity index is 1.15. The molecule has 3 heteroatoms. The Morgan fingerprint density at radius 3 is 2.60 bits per heavy atom. The highest BCUT2D eigenvalue weighted by molar-refractivity contribution is 7.99. The molecule has 2 aromatic rings. The predicted molar refractivity (Wildman–Crippen MR) is 106 cm³/mol. The molecular formula is C22H27NOS. The average molecular weight is 354 g/mol. The van der Waals surface area contributed by atoms with Gasteiger partial charge >= 0.3 is 0 Å². The van der Waals surface area contributed by atoms with Gasteiger partial charge in [0.25, 0.3) is 0 Å². The zero-order valence-corrected chi connectivity index (χ0v) is 15.6. The molecule has 0 saturated carbocycles. The van der Waals surface area contributed by atoms with Gasteiger partial charge < -0.3 is 10.1 Å². The van der Waals surface area contributed by atoms with Gasteiger partial charge in [0, 0.05) is 6.04 Å². The summed E-state index contributed by atoms with van der Waals surface area (Å²) in [4.78, 5) is 1.38. The number of fused-ring (bicyclic) bond motifs is 2. The van der Waals surface area contributed by atoms with E-state index in [0.717, 1.165) is 25.3 Å². The highest BCUT2D eigenvalue weighted by Gasteiger charge is 2.19. The molecule has 1 aliphatic carbocycles. The molecular weight excluding hydrogens is 326 g/mol. The van der Waals surface area contributed by atoms with E-state index in [9.17, 15) is 0 Å². The first-order chi connectivity index (χ1) is 12.4. The molecule has 0 amide bonds. The van der Waals surface area contributed by atoms with Gasteiger partial charge in [0.15, 0.2) is 0 Å². The summed E-state index contributed by atoms with van der Waals surface area (Å²) in [5, 5.41) is 3.72. The normalized spacial score (nSPS) is 16.5. The minimum atomic E-state index is 0.621. The van der Waals surface area contributed by atoms with Crippen LogP contribution in [0.4, 0.5) is 0 Å².